The maximum absolute atomic E-state index is 6.16. The first-order valence-electron chi connectivity index (χ1n) is 9.28. The number of nitrogen functional groups attached to an aromatic ring is 1. The fourth-order valence-corrected chi connectivity index (χ4v) is 3.63. The van der Waals surface area contributed by atoms with Gasteiger partial charge in [-0.25, -0.2) is 4.98 Å². The van der Waals surface area contributed by atoms with Gasteiger partial charge in [0.05, 0.1) is 11.2 Å². The highest BCUT2D eigenvalue weighted by Crippen LogP contribution is 2.34. The Balaban J connectivity index is 1.77. The Kier molecular flexibility index (Phi) is 3.91. The molecule has 0 saturated carbocycles. The number of rotatable bonds is 3. The first kappa shape index (κ1) is 16.3. The van der Waals surface area contributed by atoms with Crippen molar-refractivity contribution in [2.24, 2.45) is 0 Å². The zero-order valence-electron chi connectivity index (χ0n) is 15.3. The van der Waals surface area contributed by atoms with Gasteiger partial charge in [-0.3, -0.25) is 4.40 Å². The molecule has 134 valence electrons. The highest BCUT2D eigenvalue weighted by atomic mass is 15.1. The van der Waals surface area contributed by atoms with E-state index in [1.54, 1.807) is 0 Å². The van der Waals surface area contributed by atoms with E-state index in [9.17, 15) is 0 Å². The van der Waals surface area contributed by atoms with Crippen molar-refractivity contribution in [1.82, 2.24) is 9.38 Å². The number of hydrogen-bond acceptors (Lipinski definition) is 2. The summed E-state index contributed by atoms with van der Waals surface area (Å²) >= 11 is 0. The molecule has 3 heteroatoms. The highest BCUT2D eigenvalue weighted by molar-refractivity contribution is 5.86. The van der Waals surface area contributed by atoms with Crippen molar-refractivity contribution < 1.29 is 0 Å². The molecular formula is C25H19N3. The van der Waals surface area contributed by atoms with Gasteiger partial charge in [-0.15, -0.1) is 0 Å². The summed E-state index contributed by atoms with van der Waals surface area (Å²) in [5.41, 5.74) is 13.8. The van der Waals surface area contributed by atoms with Crippen LogP contribution in [0.5, 0.6) is 0 Å². The molecule has 0 saturated heterocycles. The Bertz CT molecular complexity index is 1200. The van der Waals surface area contributed by atoms with E-state index in [2.05, 4.69) is 77.8 Å². The van der Waals surface area contributed by atoms with Gasteiger partial charge in [0, 0.05) is 11.8 Å². The number of nitrogens with two attached hydrogens (primary N) is 1. The molecule has 0 radical (unpaired) electrons. The van der Waals surface area contributed by atoms with Gasteiger partial charge in [0.25, 0.3) is 0 Å². The molecule has 5 rings (SSSR count). The van der Waals surface area contributed by atoms with Crippen LogP contribution in [-0.2, 0) is 0 Å². The van der Waals surface area contributed by atoms with Crippen molar-refractivity contribution in [3.63, 3.8) is 0 Å². The molecule has 3 aromatic carbocycles. The molecule has 0 bridgehead atoms. The second-order valence-electron chi connectivity index (χ2n) is 6.81. The van der Waals surface area contributed by atoms with Crippen LogP contribution in [0.3, 0.4) is 0 Å². The summed E-state index contributed by atoms with van der Waals surface area (Å²) in [6, 6.07) is 33.5. The summed E-state index contributed by atoms with van der Waals surface area (Å²) in [5, 5.41) is 0. The van der Waals surface area contributed by atoms with Crippen molar-refractivity contribution in [2.75, 3.05) is 5.73 Å². The normalized spacial score (nSPS) is 11.0. The molecule has 0 aliphatic carbocycles. The van der Waals surface area contributed by atoms with Crippen molar-refractivity contribution in [2.45, 2.75) is 0 Å². The molecule has 0 spiro atoms. The summed E-state index contributed by atoms with van der Waals surface area (Å²) in [6.07, 6.45) is 1.94. The fraction of sp³-hybridized carbons (Fsp3) is 0. The molecule has 0 fully saturated rings. The quantitative estimate of drug-likeness (QED) is 0.433. The van der Waals surface area contributed by atoms with Gasteiger partial charge in [-0.1, -0.05) is 66.7 Å². The van der Waals surface area contributed by atoms with Crippen LogP contribution in [0.25, 0.3) is 39.0 Å². The van der Waals surface area contributed by atoms with E-state index in [0.717, 1.165) is 27.9 Å². The number of nitrogens with zero attached hydrogens (tertiary/aromatic N) is 2. The molecule has 0 aliphatic heterocycles. The summed E-state index contributed by atoms with van der Waals surface area (Å²) in [7, 11) is 0. The zero-order valence-corrected chi connectivity index (χ0v) is 15.3. The summed E-state index contributed by atoms with van der Waals surface area (Å²) in [4.78, 5) is 4.67. The molecule has 0 amide bonds. The lowest BCUT2D eigenvalue weighted by Gasteiger charge is -2.10. The van der Waals surface area contributed by atoms with Crippen LogP contribution < -0.4 is 5.73 Å². The van der Waals surface area contributed by atoms with E-state index in [0.29, 0.717) is 5.95 Å². The van der Waals surface area contributed by atoms with E-state index in [1.807, 2.05) is 34.9 Å². The number of anilines is 1. The third kappa shape index (κ3) is 2.83. The average molecular weight is 361 g/mol. The largest absolute Gasteiger partial charge is 0.369 e. The van der Waals surface area contributed by atoms with Crippen LogP contribution in [0.4, 0.5) is 5.95 Å². The van der Waals surface area contributed by atoms with Crippen LogP contribution in [0.1, 0.15) is 0 Å². The highest BCUT2D eigenvalue weighted by Gasteiger charge is 2.13. The minimum absolute atomic E-state index is 0.497. The lowest BCUT2D eigenvalue weighted by Crippen LogP contribution is -1.92. The minimum atomic E-state index is 0.497. The Morgan fingerprint density at radius 3 is 1.71 bits per heavy atom. The van der Waals surface area contributed by atoms with Crippen molar-refractivity contribution >= 4 is 11.5 Å². The monoisotopic (exact) mass is 361 g/mol. The van der Waals surface area contributed by atoms with E-state index < -0.39 is 0 Å². The predicted molar refractivity (Wildman–Crippen MR) is 116 cm³/mol. The molecule has 0 unspecified atom stereocenters. The number of fused-ring (bicyclic) bond motifs is 1. The maximum Gasteiger partial charge on any atom is 0.205 e. The lowest BCUT2D eigenvalue weighted by molar-refractivity contribution is 1.17. The van der Waals surface area contributed by atoms with E-state index in [-0.39, 0.29) is 0 Å². The van der Waals surface area contributed by atoms with Crippen LogP contribution in [0, 0.1) is 0 Å². The van der Waals surface area contributed by atoms with E-state index in [1.165, 1.54) is 11.1 Å². The zero-order chi connectivity index (χ0) is 18.9. The van der Waals surface area contributed by atoms with Gasteiger partial charge in [0.15, 0.2) is 0 Å². The molecule has 28 heavy (non-hydrogen) atoms. The van der Waals surface area contributed by atoms with E-state index in [4.69, 9.17) is 5.73 Å². The first-order valence-corrected chi connectivity index (χ1v) is 9.28. The number of hydrogen-bond donors (Lipinski definition) is 1. The van der Waals surface area contributed by atoms with Gasteiger partial charge in [0.1, 0.15) is 0 Å². The molecule has 2 N–H and O–H groups in total. The van der Waals surface area contributed by atoms with Gasteiger partial charge in [-0.05, 0) is 52.6 Å². The summed E-state index contributed by atoms with van der Waals surface area (Å²) < 4.78 is 1.92. The molecule has 3 nitrogen and oxygen atoms in total. The van der Waals surface area contributed by atoms with Crippen LogP contribution in [0.2, 0.25) is 0 Å². The predicted octanol–water partition coefficient (Wildman–Crippen LogP) is 5.92. The summed E-state index contributed by atoms with van der Waals surface area (Å²) in [5.74, 6) is 0.497. The number of benzene rings is 3. The van der Waals surface area contributed by atoms with Gasteiger partial charge >= 0.3 is 0 Å². The van der Waals surface area contributed by atoms with Crippen LogP contribution >= 0.6 is 0 Å². The SMILES string of the molecule is Nc1nc(-c2cc(-c3ccccc3)cc(-c3ccccc3)c2)c2ccccn12. The van der Waals surface area contributed by atoms with Crippen molar-refractivity contribution in [3.8, 4) is 33.5 Å². The Labute approximate surface area is 163 Å². The van der Waals surface area contributed by atoms with Gasteiger partial charge in [-0.2, -0.15) is 0 Å². The maximum atomic E-state index is 6.16. The standard InChI is InChI=1S/C25H19N3/c26-25-27-24(23-13-7-8-14-28(23)25)22-16-20(18-9-3-1-4-10-18)15-21(17-22)19-11-5-2-6-12-19/h1-17H,(H2,26,27). The topological polar surface area (TPSA) is 43.3 Å². The second kappa shape index (κ2) is 6.71. The molecule has 2 heterocycles. The Hall–Kier alpha value is -3.85. The number of pyridine rings is 1. The van der Waals surface area contributed by atoms with Crippen LogP contribution in [-0.4, -0.2) is 9.38 Å². The average Bonchev–Trinajstić information content (AvgIpc) is 3.12. The Morgan fingerprint density at radius 1 is 0.571 bits per heavy atom. The van der Waals surface area contributed by atoms with Crippen molar-refractivity contribution in [1.29, 1.82) is 0 Å². The van der Waals surface area contributed by atoms with Gasteiger partial charge < -0.3 is 5.73 Å². The summed E-state index contributed by atoms with van der Waals surface area (Å²) in [6.45, 7) is 0. The number of aromatic nitrogens is 2. The van der Waals surface area contributed by atoms with E-state index >= 15 is 0 Å². The molecule has 5 aromatic rings. The molecule has 2 aromatic heterocycles. The Morgan fingerprint density at radius 2 is 1.11 bits per heavy atom. The van der Waals surface area contributed by atoms with Crippen molar-refractivity contribution in [3.05, 3.63) is 103 Å². The lowest BCUT2D eigenvalue weighted by atomic mass is 9.95. The minimum Gasteiger partial charge on any atom is -0.369 e. The molecule has 0 atom stereocenters. The second-order valence-corrected chi connectivity index (χ2v) is 6.81. The third-order valence-electron chi connectivity index (χ3n) is 5.00. The first-order chi connectivity index (χ1) is 13.8. The molecule has 0 aliphatic rings. The third-order valence-corrected chi connectivity index (χ3v) is 5.00. The fourth-order valence-electron chi connectivity index (χ4n) is 3.63. The van der Waals surface area contributed by atoms with Gasteiger partial charge in [0.2, 0.25) is 5.95 Å². The smallest absolute Gasteiger partial charge is 0.205 e. The molecular weight excluding hydrogens is 342 g/mol. The number of imidazole rings is 1. The van der Waals surface area contributed by atoms with Crippen LogP contribution in [0.15, 0.2) is 103 Å².